The summed E-state index contributed by atoms with van der Waals surface area (Å²) in [6.07, 6.45) is -4.87. The van der Waals surface area contributed by atoms with E-state index in [1.165, 1.54) is 25.1 Å². The summed E-state index contributed by atoms with van der Waals surface area (Å²) in [6, 6.07) is 7.75. The van der Waals surface area contributed by atoms with Gasteiger partial charge >= 0.3 is 35.8 Å². The van der Waals surface area contributed by atoms with Crippen LogP contribution in [0.2, 0.25) is 0 Å². The largest absolute Gasteiger partial charge is 0.480 e. The fourth-order valence-corrected chi connectivity index (χ4v) is 6.92. The zero-order valence-corrected chi connectivity index (χ0v) is 30.0. The van der Waals surface area contributed by atoms with E-state index in [9.17, 15) is 38.7 Å². The Morgan fingerprint density at radius 2 is 1.35 bits per heavy atom. The highest BCUT2D eigenvalue weighted by molar-refractivity contribution is 5.92. The van der Waals surface area contributed by atoms with Gasteiger partial charge in [-0.15, -0.1) is 0 Å². The lowest BCUT2D eigenvalue weighted by atomic mass is 9.72. The highest BCUT2D eigenvalue weighted by Crippen LogP contribution is 2.51. The second-order valence-corrected chi connectivity index (χ2v) is 13.6. The van der Waals surface area contributed by atoms with Crippen LogP contribution in [-0.4, -0.2) is 89.4 Å². The number of allylic oxidation sites excluding steroid dienone is 1. The van der Waals surface area contributed by atoms with Gasteiger partial charge in [-0.1, -0.05) is 64.6 Å². The fourth-order valence-electron chi connectivity index (χ4n) is 6.92. The van der Waals surface area contributed by atoms with E-state index in [4.69, 9.17) is 28.4 Å². The molecule has 0 radical (unpaired) electrons. The van der Waals surface area contributed by atoms with E-state index >= 15 is 0 Å². The summed E-state index contributed by atoms with van der Waals surface area (Å²) in [6.45, 7) is 14.1. The summed E-state index contributed by atoms with van der Waals surface area (Å²) < 4.78 is 35.3. The minimum absolute atomic E-state index is 0.0700. The number of esters is 5. The van der Waals surface area contributed by atoms with E-state index in [0.29, 0.717) is 0 Å². The number of aliphatic carboxylic acids is 1. The van der Waals surface area contributed by atoms with Crippen molar-refractivity contribution in [1.82, 2.24) is 0 Å². The molecule has 1 fully saturated rings. The number of Topliss-reactive ketones (excluding diaryl/α,β-unsaturated/α-hetero) is 1. The molecule has 1 aromatic carbocycles. The number of carboxylic acids is 1. The Morgan fingerprint density at radius 1 is 0.804 bits per heavy atom. The van der Waals surface area contributed by atoms with Crippen LogP contribution in [0.25, 0.3) is 0 Å². The second-order valence-electron chi connectivity index (χ2n) is 13.6. The third-order valence-corrected chi connectivity index (χ3v) is 9.00. The molecule has 51 heavy (non-hydrogen) atoms. The molecular weight excluding hydrogens is 668 g/mol. The standard InChI is InChI=1S/C37H46O14/c1-19-15-16-36(8,9)34(50-25(7)41)32(49-24(6)40)31(51-35(45)26-13-11-10-12-14-26)21(3)30(48-23(5)39)28-29(47-22(4)38)20(2)17-37(28,33(19)44)46-18-27(42)43/h10-16,19-20,28-32,34H,3,17-18H2,1-2,4-9H3,(H,42,43)/b16-15+/t19-,20-,28+,29-,30-,31-,32+,34+,37+/m0/s1. The minimum Gasteiger partial charge on any atom is -0.480 e. The van der Waals surface area contributed by atoms with Crippen LogP contribution in [0.5, 0.6) is 0 Å². The van der Waals surface area contributed by atoms with Crippen LogP contribution in [0.3, 0.4) is 0 Å². The van der Waals surface area contributed by atoms with Crippen molar-refractivity contribution >= 4 is 41.6 Å². The first-order valence-corrected chi connectivity index (χ1v) is 16.4. The number of carbonyl (C=O) groups is 7. The van der Waals surface area contributed by atoms with E-state index in [0.717, 1.165) is 27.7 Å². The Morgan fingerprint density at radius 3 is 1.88 bits per heavy atom. The maximum absolute atomic E-state index is 14.7. The zero-order valence-electron chi connectivity index (χ0n) is 30.0. The molecule has 0 aromatic heterocycles. The first-order chi connectivity index (χ1) is 23.7. The van der Waals surface area contributed by atoms with Crippen LogP contribution in [0, 0.1) is 23.2 Å². The molecule has 0 bridgehead atoms. The van der Waals surface area contributed by atoms with Crippen molar-refractivity contribution in [3.8, 4) is 0 Å². The Hall–Kier alpha value is -4.85. The first-order valence-electron chi connectivity index (χ1n) is 16.4. The van der Waals surface area contributed by atoms with Crippen LogP contribution in [0.1, 0.15) is 72.2 Å². The molecular formula is C37H46O14. The average Bonchev–Trinajstić information content (AvgIpc) is 3.31. The molecule has 278 valence electrons. The van der Waals surface area contributed by atoms with Crippen molar-refractivity contribution in [2.75, 3.05) is 6.61 Å². The molecule has 1 N–H and O–H groups in total. The topological polar surface area (TPSA) is 195 Å². The van der Waals surface area contributed by atoms with Crippen molar-refractivity contribution in [1.29, 1.82) is 0 Å². The van der Waals surface area contributed by atoms with E-state index in [1.807, 2.05) is 0 Å². The molecule has 2 aliphatic rings. The van der Waals surface area contributed by atoms with Crippen LogP contribution >= 0.6 is 0 Å². The summed E-state index contributed by atoms with van der Waals surface area (Å²) >= 11 is 0. The molecule has 1 saturated carbocycles. The van der Waals surface area contributed by atoms with Gasteiger partial charge in [-0.2, -0.15) is 0 Å². The van der Waals surface area contributed by atoms with Crippen molar-refractivity contribution in [2.24, 2.45) is 23.2 Å². The van der Waals surface area contributed by atoms with Gasteiger partial charge in [0.05, 0.1) is 11.5 Å². The van der Waals surface area contributed by atoms with E-state index in [2.05, 4.69) is 6.58 Å². The van der Waals surface area contributed by atoms with Gasteiger partial charge in [0.2, 0.25) is 0 Å². The van der Waals surface area contributed by atoms with Gasteiger partial charge in [0, 0.05) is 44.6 Å². The third kappa shape index (κ3) is 9.48. The summed E-state index contributed by atoms with van der Waals surface area (Å²) in [5, 5.41) is 9.71. The van der Waals surface area contributed by atoms with Gasteiger partial charge in [-0.3, -0.25) is 24.0 Å². The summed E-state index contributed by atoms with van der Waals surface area (Å²) in [5.74, 6) is -9.45. The SMILES string of the molecule is C=C1[C@H](OC(=O)c2ccccc2)[C@@H](OC(C)=O)[C@@H](OC(C)=O)C(C)(C)/C=C/[C@H](C)C(=O)[C@@]2(OCC(=O)O)C[C@H](C)[C@H](OC(C)=O)[C@@H]2[C@H]1OC(C)=O. The minimum atomic E-state index is -2.08. The Balaban J connectivity index is 2.50. The van der Waals surface area contributed by atoms with Crippen molar-refractivity contribution in [2.45, 2.75) is 97.9 Å². The summed E-state index contributed by atoms with van der Waals surface area (Å²) in [7, 11) is 0. The van der Waals surface area contributed by atoms with Crippen molar-refractivity contribution in [3.63, 3.8) is 0 Å². The molecule has 14 heteroatoms. The molecule has 0 heterocycles. The van der Waals surface area contributed by atoms with Gasteiger partial charge in [0.25, 0.3) is 0 Å². The van der Waals surface area contributed by atoms with Crippen LogP contribution < -0.4 is 0 Å². The number of rotatable bonds is 9. The Labute approximate surface area is 296 Å². The smallest absolute Gasteiger partial charge is 0.338 e. The third-order valence-electron chi connectivity index (χ3n) is 9.00. The molecule has 2 aliphatic carbocycles. The lowest BCUT2D eigenvalue weighted by Crippen LogP contribution is -2.59. The van der Waals surface area contributed by atoms with E-state index in [1.54, 1.807) is 45.0 Å². The molecule has 0 amide bonds. The predicted octanol–water partition coefficient (Wildman–Crippen LogP) is 3.79. The number of carbonyl (C=O) groups excluding carboxylic acids is 6. The molecule has 0 saturated heterocycles. The van der Waals surface area contributed by atoms with Gasteiger partial charge < -0.3 is 33.5 Å². The zero-order chi connectivity index (χ0) is 38.4. The second kappa shape index (κ2) is 16.4. The van der Waals surface area contributed by atoms with Crippen LogP contribution in [0.15, 0.2) is 54.6 Å². The van der Waals surface area contributed by atoms with Gasteiger partial charge in [-0.25, -0.2) is 9.59 Å². The summed E-state index contributed by atoms with van der Waals surface area (Å²) in [4.78, 5) is 91.2. The van der Waals surface area contributed by atoms with E-state index < -0.39 is 107 Å². The molecule has 0 unspecified atom stereocenters. The monoisotopic (exact) mass is 714 g/mol. The lowest BCUT2D eigenvalue weighted by molar-refractivity contribution is -0.189. The molecule has 9 atom stereocenters. The van der Waals surface area contributed by atoms with Crippen molar-refractivity contribution < 1.29 is 67.1 Å². The maximum atomic E-state index is 14.7. The van der Waals surface area contributed by atoms with Gasteiger partial charge in [-0.05, 0) is 24.5 Å². The normalized spacial score (nSPS) is 31.1. The quantitative estimate of drug-likeness (QED) is 0.220. The average molecular weight is 715 g/mol. The number of ether oxygens (including phenoxy) is 6. The van der Waals surface area contributed by atoms with Crippen LogP contribution in [-0.2, 0) is 57.2 Å². The van der Waals surface area contributed by atoms with Gasteiger partial charge in [0.15, 0.2) is 24.1 Å². The molecule has 14 nitrogen and oxygen atoms in total. The number of ketones is 1. The lowest BCUT2D eigenvalue weighted by Gasteiger charge is -2.45. The number of hydrogen-bond donors (Lipinski definition) is 1. The number of carboxylic acid groups (broad SMARTS) is 1. The highest BCUT2D eigenvalue weighted by atomic mass is 16.6. The van der Waals surface area contributed by atoms with Crippen LogP contribution in [0.4, 0.5) is 0 Å². The highest BCUT2D eigenvalue weighted by Gasteiger charge is 2.64. The molecule has 3 rings (SSSR count). The number of benzene rings is 1. The predicted molar refractivity (Wildman–Crippen MR) is 178 cm³/mol. The summed E-state index contributed by atoms with van der Waals surface area (Å²) in [5.41, 5.74) is -3.53. The van der Waals surface area contributed by atoms with Gasteiger partial charge in [0.1, 0.15) is 24.4 Å². The Bertz CT molecular complexity index is 1560. The maximum Gasteiger partial charge on any atom is 0.338 e. The van der Waals surface area contributed by atoms with E-state index in [-0.39, 0.29) is 17.6 Å². The molecule has 0 spiro atoms. The fraction of sp³-hybridized carbons (Fsp3) is 0.541. The number of hydrogen-bond acceptors (Lipinski definition) is 13. The Kier molecular flexibility index (Phi) is 13.1. The molecule has 0 aliphatic heterocycles. The first kappa shape index (κ1) is 40.6. The number of fused-ring (bicyclic) bond motifs is 1. The van der Waals surface area contributed by atoms with Crippen molar-refractivity contribution in [3.05, 3.63) is 60.2 Å². The molecule has 1 aromatic rings.